The van der Waals surface area contributed by atoms with Crippen molar-refractivity contribution in [3.8, 4) is 5.75 Å². The van der Waals surface area contributed by atoms with Crippen LogP contribution >= 0.6 is 11.6 Å². The molecule has 0 aliphatic carbocycles. The summed E-state index contributed by atoms with van der Waals surface area (Å²) >= 11 is 6.15. The minimum absolute atomic E-state index is 0.0117. The number of aromatic nitrogens is 1. The van der Waals surface area contributed by atoms with E-state index in [0.29, 0.717) is 48.1 Å². The maximum Gasteiger partial charge on any atom is 0.253 e. The van der Waals surface area contributed by atoms with Gasteiger partial charge in [0.25, 0.3) is 5.91 Å². The van der Waals surface area contributed by atoms with E-state index in [1.54, 1.807) is 23.1 Å². The summed E-state index contributed by atoms with van der Waals surface area (Å²) in [5.74, 6) is 0.847. The van der Waals surface area contributed by atoms with Crippen molar-refractivity contribution in [1.82, 2.24) is 15.2 Å². The van der Waals surface area contributed by atoms with Crippen molar-refractivity contribution in [1.29, 1.82) is 0 Å². The van der Waals surface area contributed by atoms with Crippen molar-refractivity contribution < 1.29 is 14.3 Å². The summed E-state index contributed by atoms with van der Waals surface area (Å²) in [5, 5.41) is 6.43. The zero-order valence-corrected chi connectivity index (χ0v) is 18.8. The smallest absolute Gasteiger partial charge is 0.253 e. The summed E-state index contributed by atoms with van der Waals surface area (Å²) < 4.78 is 5.97. The number of carbonyl (C=O) groups excluding carboxylic acids is 2. The Morgan fingerprint density at radius 1 is 1.00 bits per heavy atom. The number of para-hydroxylation sites is 2. The lowest BCUT2D eigenvalue weighted by atomic mass is 10.1. The third kappa shape index (κ3) is 6.23. The molecule has 2 heterocycles. The molecule has 0 atom stereocenters. The number of hydrogen-bond donors (Lipinski definition) is 2. The highest BCUT2D eigenvalue weighted by molar-refractivity contribution is 6.32. The number of carbonyl (C=O) groups is 2. The van der Waals surface area contributed by atoms with Gasteiger partial charge in [-0.1, -0.05) is 41.9 Å². The van der Waals surface area contributed by atoms with Crippen LogP contribution in [0.3, 0.4) is 0 Å². The van der Waals surface area contributed by atoms with Gasteiger partial charge in [-0.15, -0.1) is 0 Å². The number of amides is 2. The maximum atomic E-state index is 12.5. The molecule has 8 heteroatoms. The van der Waals surface area contributed by atoms with Crippen LogP contribution in [0.1, 0.15) is 23.2 Å². The Labute approximate surface area is 197 Å². The predicted octanol–water partition coefficient (Wildman–Crippen LogP) is 4.28. The Hall–Kier alpha value is -3.58. The van der Waals surface area contributed by atoms with E-state index in [0.717, 1.165) is 5.69 Å². The molecule has 2 N–H and O–H groups in total. The quantitative estimate of drug-likeness (QED) is 0.545. The lowest BCUT2D eigenvalue weighted by Gasteiger charge is -2.32. The number of ether oxygens (including phenoxy) is 1. The molecule has 3 aromatic rings. The summed E-state index contributed by atoms with van der Waals surface area (Å²) in [4.78, 5) is 31.0. The standard InChI is InChI=1S/C25H25ClN4O3/c26-21-8-4-5-9-22(21)33-20-12-14-30(15-13-20)24(31)17-28-25(32)18-10-11-23(27-16-18)29-19-6-2-1-3-7-19/h1-11,16,20H,12-15,17H2,(H,27,29)(H,28,32). The summed E-state index contributed by atoms with van der Waals surface area (Å²) in [6.07, 6.45) is 2.93. The highest BCUT2D eigenvalue weighted by atomic mass is 35.5. The van der Waals surface area contributed by atoms with Crippen LogP contribution in [0.5, 0.6) is 5.75 Å². The number of nitrogens with zero attached hydrogens (tertiary/aromatic N) is 2. The zero-order valence-electron chi connectivity index (χ0n) is 18.0. The van der Waals surface area contributed by atoms with Crippen LogP contribution in [0, 0.1) is 0 Å². The van der Waals surface area contributed by atoms with E-state index in [1.807, 2.05) is 48.5 Å². The van der Waals surface area contributed by atoms with Gasteiger partial charge >= 0.3 is 0 Å². The van der Waals surface area contributed by atoms with Crippen molar-refractivity contribution in [3.63, 3.8) is 0 Å². The van der Waals surface area contributed by atoms with Crippen LogP contribution in [-0.4, -0.2) is 47.4 Å². The van der Waals surface area contributed by atoms with E-state index < -0.39 is 0 Å². The Morgan fingerprint density at radius 2 is 1.73 bits per heavy atom. The number of halogens is 1. The molecule has 7 nitrogen and oxygen atoms in total. The fourth-order valence-electron chi connectivity index (χ4n) is 3.58. The highest BCUT2D eigenvalue weighted by Gasteiger charge is 2.24. The monoisotopic (exact) mass is 464 g/mol. The molecule has 2 amide bonds. The first-order valence-electron chi connectivity index (χ1n) is 10.8. The Morgan fingerprint density at radius 3 is 2.42 bits per heavy atom. The first-order valence-corrected chi connectivity index (χ1v) is 11.2. The van der Waals surface area contributed by atoms with Gasteiger partial charge in [-0.2, -0.15) is 0 Å². The molecule has 0 radical (unpaired) electrons. The normalized spacial score (nSPS) is 13.9. The third-order valence-corrected chi connectivity index (χ3v) is 5.71. The van der Waals surface area contributed by atoms with Gasteiger partial charge in [0.2, 0.25) is 5.91 Å². The fraction of sp³-hybridized carbons (Fsp3) is 0.240. The van der Waals surface area contributed by atoms with E-state index in [4.69, 9.17) is 16.3 Å². The number of pyridine rings is 1. The number of hydrogen-bond acceptors (Lipinski definition) is 5. The Bertz CT molecular complexity index is 1080. The Balaban J connectivity index is 1.21. The number of rotatable bonds is 7. The van der Waals surface area contributed by atoms with Gasteiger partial charge in [0, 0.05) is 37.8 Å². The number of likely N-dealkylation sites (tertiary alicyclic amines) is 1. The van der Waals surface area contributed by atoms with Crippen LogP contribution in [0.25, 0.3) is 0 Å². The topological polar surface area (TPSA) is 83.6 Å². The predicted molar refractivity (Wildman–Crippen MR) is 128 cm³/mol. The molecule has 1 aromatic heterocycles. The molecule has 2 aromatic carbocycles. The zero-order chi connectivity index (χ0) is 23.0. The van der Waals surface area contributed by atoms with Crippen LogP contribution in [0.15, 0.2) is 72.9 Å². The maximum absolute atomic E-state index is 12.5. The number of nitrogens with one attached hydrogen (secondary N) is 2. The largest absolute Gasteiger partial charge is 0.489 e. The van der Waals surface area contributed by atoms with Crippen molar-refractivity contribution in [3.05, 3.63) is 83.5 Å². The van der Waals surface area contributed by atoms with Crippen molar-refractivity contribution >= 4 is 34.9 Å². The Kier molecular flexibility index (Phi) is 7.42. The average Bonchev–Trinajstić information content (AvgIpc) is 2.85. The lowest BCUT2D eigenvalue weighted by Crippen LogP contribution is -2.46. The van der Waals surface area contributed by atoms with Gasteiger partial charge in [-0.25, -0.2) is 4.98 Å². The second-order valence-corrected chi connectivity index (χ2v) is 8.14. The molecule has 33 heavy (non-hydrogen) atoms. The van der Waals surface area contributed by atoms with E-state index >= 15 is 0 Å². The van der Waals surface area contributed by atoms with E-state index in [-0.39, 0.29) is 24.5 Å². The first-order chi connectivity index (χ1) is 16.1. The molecular weight excluding hydrogens is 440 g/mol. The molecule has 1 aliphatic rings. The number of benzene rings is 2. The second-order valence-electron chi connectivity index (χ2n) is 7.73. The molecular formula is C25H25ClN4O3. The first kappa shape index (κ1) is 22.6. The van der Waals surface area contributed by atoms with Gasteiger partial charge in [0.1, 0.15) is 17.7 Å². The van der Waals surface area contributed by atoms with Gasteiger partial charge in [-0.05, 0) is 36.4 Å². The van der Waals surface area contributed by atoms with Gasteiger partial charge < -0.3 is 20.3 Å². The molecule has 4 rings (SSSR count). The van der Waals surface area contributed by atoms with Gasteiger partial charge in [0.15, 0.2) is 0 Å². The fourth-order valence-corrected chi connectivity index (χ4v) is 3.76. The average molecular weight is 465 g/mol. The van der Waals surface area contributed by atoms with Crippen molar-refractivity contribution in [2.45, 2.75) is 18.9 Å². The van der Waals surface area contributed by atoms with Gasteiger partial charge in [0.05, 0.1) is 17.1 Å². The van der Waals surface area contributed by atoms with Crippen molar-refractivity contribution in [2.75, 3.05) is 25.0 Å². The van der Waals surface area contributed by atoms with Crippen molar-refractivity contribution in [2.24, 2.45) is 0 Å². The van der Waals surface area contributed by atoms with Crippen LogP contribution in [0.4, 0.5) is 11.5 Å². The minimum atomic E-state index is -0.334. The summed E-state index contributed by atoms with van der Waals surface area (Å²) in [5.41, 5.74) is 1.31. The minimum Gasteiger partial charge on any atom is -0.489 e. The molecule has 0 bridgehead atoms. The van der Waals surface area contributed by atoms with Gasteiger partial charge in [-0.3, -0.25) is 9.59 Å². The van der Waals surface area contributed by atoms with E-state index in [2.05, 4.69) is 15.6 Å². The number of anilines is 2. The molecule has 1 saturated heterocycles. The van der Waals surface area contributed by atoms with Crippen LogP contribution in [0.2, 0.25) is 5.02 Å². The SMILES string of the molecule is O=C(NCC(=O)N1CCC(Oc2ccccc2Cl)CC1)c1ccc(Nc2ccccc2)nc1. The molecule has 0 saturated carbocycles. The van der Waals surface area contributed by atoms with E-state index in [1.165, 1.54) is 6.20 Å². The highest BCUT2D eigenvalue weighted by Crippen LogP contribution is 2.26. The van der Waals surface area contributed by atoms with Crippen LogP contribution in [-0.2, 0) is 4.79 Å². The molecule has 0 unspecified atom stereocenters. The molecule has 1 fully saturated rings. The van der Waals surface area contributed by atoms with Crippen LogP contribution < -0.4 is 15.4 Å². The molecule has 0 spiro atoms. The molecule has 1 aliphatic heterocycles. The summed E-state index contributed by atoms with van der Waals surface area (Å²) in [6, 6.07) is 20.4. The summed E-state index contributed by atoms with van der Waals surface area (Å²) in [7, 11) is 0. The number of piperidine rings is 1. The lowest BCUT2D eigenvalue weighted by molar-refractivity contribution is -0.131. The third-order valence-electron chi connectivity index (χ3n) is 5.40. The molecule has 170 valence electrons. The second kappa shape index (κ2) is 10.8. The van der Waals surface area contributed by atoms with E-state index in [9.17, 15) is 9.59 Å². The summed E-state index contributed by atoms with van der Waals surface area (Å²) in [6.45, 7) is 1.09.